The van der Waals surface area contributed by atoms with E-state index in [4.69, 9.17) is 4.74 Å². The van der Waals surface area contributed by atoms with Crippen LogP contribution in [0.3, 0.4) is 0 Å². The van der Waals surface area contributed by atoms with E-state index in [-0.39, 0.29) is 23.8 Å². The van der Waals surface area contributed by atoms with E-state index in [1.54, 1.807) is 31.3 Å². The first-order valence-corrected chi connectivity index (χ1v) is 7.98. The van der Waals surface area contributed by atoms with Crippen molar-refractivity contribution in [1.29, 1.82) is 0 Å². The lowest BCUT2D eigenvalue weighted by molar-refractivity contribution is -0.121. The number of carbonyl (C=O) groups is 2. The second-order valence-electron chi connectivity index (χ2n) is 5.75. The lowest BCUT2D eigenvalue weighted by Gasteiger charge is -2.18. The van der Waals surface area contributed by atoms with Gasteiger partial charge in [0, 0.05) is 24.9 Å². The average molecular weight is 324 g/mol. The van der Waals surface area contributed by atoms with E-state index in [1.807, 2.05) is 30.3 Å². The first-order chi connectivity index (χ1) is 11.7. The number of hydrogen-bond acceptors (Lipinski definition) is 3. The first kappa shape index (κ1) is 16.2. The Morgan fingerprint density at radius 3 is 2.62 bits per heavy atom. The highest BCUT2D eigenvalue weighted by Crippen LogP contribution is 2.35. The van der Waals surface area contributed by atoms with Crippen LogP contribution in [0.1, 0.15) is 28.4 Å². The Kier molecular flexibility index (Phi) is 4.91. The molecule has 1 aliphatic heterocycles. The number of hydrogen-bond donors (Lipinski definition) is 2. The molecule has 1 aliphatic rings. The van der Waals surface area contributed by atoms with Crippen molar-refractivity contribution < 1.29 is 14.3 Å². The predicted molar refractivity (Wildman–Crippen MR) is 91.7 cm³/mol. The highest BCUT2D eigenvalue weighted by molar-refractivity contribution is 5.97. The summed E-state index contributed by atoms with van der Waals surface area (Å²) < 4.78 is 5.76. The van der Waals surface area contributed by atoms with Gasteiger partial charge < -0.3 is 15.4 Å². The number of carbonyl (C=O) groups excluding carboxylic acids is 2. The second kappa shape index (κ2) is 7.27. The second-order valence-corrected chi connectivity index (χ2v) is 5.75. The molecule has 5 nitrogen and oxygen atoms in total. The van der Waals surface area contributed by atoms with E-state index in [0.717, 1.165) is 5.56 Å². The number of nitrogens with one attached hydrogen (secondary N) is 2. The zero-order valence-corrected chi connectivity index (χ0v) is 13.5. The Bertz CT molecular complexity index is 730. The Labute approximate surface area is 141 Å². The van der Waals surface area contributed by atoms with Gasteiger partial charge in [-0.15, -0.1) is 0 Å². The lowest BCUT2D eigenvalue weighted by atomic mass is 9.94. The molecule has 2 aromatic carbocycles. The maximum absolute atomic E-state index is 12.7. The third-order valence-corrected chi connectivity index (χ3v) is 4.18. The van der Waals surface area contributed by atoms with Crippen molar-refractivity contribution in [3.8, 4) is 0 Å². The number of rotatable bonds is 4. The molecule has 124 valence electrons. The molecule has 0 bridgehead atoms. The van der Waals surface area contributed by atoms with Crippen molar-refractivity contribution in [1.82, 2.24) is 5.32 Å². The third-order valence-electron chi connectivity index (χ3n) is 4.18. The molecule has 0 aromatic heterocycles. The van der Waals surface area contributed by atoms with Crippen LogP contribution < -0.4 is 10.6 Å². The van der Waals surface area contributed by atoms with Gasteiger partial charge in [0.1, 0.15) is 0 Å². The summed E-state index contributed by atoms with van der Waals surface area (Å²) in [6.45, 7) is 0.565. The molecular formula is C19H20N2O3. The Hall–Kier alpha value is -2.66. The molecule has 0 unspecified atom stereocenters. The summed E-state index contributed by atoms with van der Waals surface area (Å²) in [7, 11) is 1.58. The van der Waals surface area contributed by atoms with Crippen molar-refractivity contribution in [2.24, 2.45) is 5.92 Å². The normalized spacial score (nSPS) is 19.7. The third kappa shape index (κ3) is 3.46. The van der Waals surface area contributed by atoms with E-state index >= 15 is 0 Å². The van der Waals surface area contributed by atoms with Crippen LogP contribution in [0.15, 0.2) is 54.6 Å². The van der Waals surface area contributed by atoms with Crippen LogP contribution in [0.5, 0.6) is 0 Å². The molecule has 2 N–H and O–H groups in total. The molecule has 2 atom stereocenters. The first-order valence-electron chi connectivity index (χ1n) is 7.98. The minimum absolute atomic E-state index is 0.0876. The van der Waals surface area contributed by atoms with Gasteiger partial charge in [-0.2, -0.15) is 0 Å². The summed E-state index contributed by atoms with van der Waals surface area (Å²) in [6, 6.07) is 16.7. The highest BCUT2D eigenvalue weighted by Gasteiger charge is 2.35. The zero-order chi connectivity index (χ0) is 16.9. The number of amides is 2. The summed E-state index contributed by atoms with van der Waals surface area (Å²) in [5, 5.41) is 5.48. The van der Waals surface area contributed by atoms with Crippen LogP contribution in [0.4, 0.5) is 5.69 Å². The van der Waals surface area contributed by atoms with Crippen molar-refractivity contribution in [2.45, 2.75) is 12.5 Å². The Morgan fingerprint density at radius 2 is 1.88 bits per heavy atom. The van der Waals surface area contributed by atoms with Crippen LogP contribution in [-0.2, 0) is 9.53 Å². The van der Waals surface area contributed by atoms with Gasteiger partial charge in [-0.1, -0.05) is 36.4 Å². The van der Waals surface area contributed by atoms with Gasteiger partial charge in [-0.3, -0.25) is 9.59 Å². The quantitative estimate of drug-likeness (QED) is 0.909. The molecule has 24 heavy (non-hydrogen) atoms. The molecule has 0 radical (unpaired) electrons. The minimum Gasteiger partial charge on any atom is -0.373 e. The standard InChI is InChI=1S/C19H20N2O3/c1-20-18(22)14-8-5-9-15(12-14)21-19(23)16-10-11-24-17(16)13-6-3-2-4-7-13/h2-9,12,16-17H,10-11H2,1H3,(H,20,22)(H,21,23)/t16-,17+/m1/s1. The molecular weight excluding hydrogens is 304 g/mol. The number of anilines is 1. The van der Waals surface area contributed by atoms with Crippen molar-refractivity contribution >= 4 is 17.5 Å². The SMILES string of the molecule is CNC(=O)c1cccc(NC(=O)[C@@H]2CCO[C@H]2c2ccccc2)c1. The maximum atomic E-state index is 12.7. The average Bonchev–Trinajstić information content (AvgIpc) is 3.12. The molecule has 3 rings (SSSR count). The van der Waals surface area contributed by atoms with E-state index < -0.39 is 0 Å². The fourth-order valence-corrected chi connectivity index (χ4v) is 2.95. The van der Waals surface area contributed by atoms with E-state index in [2.05, 4.69) is 10.6 Å². The fraction of sp³-hybridized carbons (Fsp3) is 0.263. The maximum Gasteiger partial charge on any atom is 0.251 e. The molecule has 1 heterocycles. The van der Waals surface area contributed by atoms with Gasteiger partial charge in [0.05, 0.1) is 12.0 Å². The molecule has 5 heteroatoms. The van der Waals surface area contributed by atoms with Gasteiger partial charge in [0.15, 0.2) is 0 Å². The molecule has 0 saturated carbocycles. The number of ether oxygens (including phenoxy) is 1. The molecule has 2 amide bonds. The van der Waals surface area contributed by atoms with Crippen LogP contribution in [0.25, 0.3) is 0 Å². The van der Waals surface area contributed by atoms with E-state index in [0.29, 0.717) is 24.3 Å². The van der Waals surface area contributed by atoms with E-state index in [9.17, 15) is 9.59 Å². The predicted octanol–water partition coefficient (Wildman–Crippen LogP) is 2.76. The zero-order valence-electron chi connectivity index (χ0n) is 13.5. The highest BCUT2D eigenvalue weighted by atomic mass is 16.5. The van der Waals surface area contributed by atoms with Crippen LogP contribution in [0, 0.1) is 5.92 Å². The van der Waals surface area contributed by atoms with Crippen molar-refractivity contribution in [3.63, 3.8) is 0 Å². The summed E-state index contributed by atoms with van der Waals surface area (Å²) in [4.78, 5) is 24.4. The van der Waals surface area contributed by atoms with Gasteiger partial charge in [0.2, 0.25) is 5.91 Å². The van der Waals surface area contributed by atoms with E-state index in [1.165, 1.54) is 0 Å². The van der Waals surface area contributed by atoms with Crippen LogP contribution >= 0.6 is 0 Å². The Balaban J connectivity index is 1.74. The topological polar surface area (TPSA) is 67.4 Å². The minimum atomic E-state index is -0.240. The lowest BCUT2D eigenvalue weighted by Crippen LogP contribution is -2.25. The van der Waals surface area contributed by atoms with Crippen LogP contribution in [-0.4, -0.2) is 25.5 Å². The van der Waals surface area contributed by atoms with Gasteiger partial charge in [-0.05, 0) is 30.2 Å². The monoisotopic (exact) mass is 324 g/mol. The largest absolute Gasteiger partial charge is 0.373 e. The summed E-state index contributed by atoms with van der Waals surface area (Å²) in [5.41, 5.74) is 2.13. The van der Waals surface area contributed by atoms with Crippen LogP contribution in [0.2, 0.25) is 0 Å². The van der Waals surface area contributed by atoms with Gasteiger partial charge in [-0.25, -0.2) is 0 Å². The van der Waals surface area contributed by atoms with Gasteiger partial charge in [0.25, 0.3) is 5.91 Å². The van der Waals surface area contributed by atoms with Crippen molar-refractivity contribution in [2.75, 3.05) is 19.0 Å². The Morgan fingerprint density at radius 1 is 1.08 bits per heavy atom. The summed E-state index contributed by atoms with van der Waals surface area (Å²) >= 11 is 0. The van der Waals surface area contributed by atoms with Crippen molar-refractivity contribution in [3.05, 3.63) is 65.7 Å². The smallest absolute Gasteiger partial charge is 0.251 e. The molecule has 2 aromatic rings. The summed E-state index contributed by atoms with van der Waals surface area (Å²) in [5.74, 6) is -0.510. The summed E-state index contributed by atoms with van der Waals surface area (Å²) in [6.07, 6.45) is 0.453. The molecule has 1 fully saturated rings. The molecule has 0 spiro atoms. The molecule has 0 aliphatic carbocycles. The fourth-order valence-electron chi connectivity index (χ4n) is 2.95. The van der Waals surface area contributed by atoms with Gasteiger partial charge >= 0.3 is 0 Å². The number of benzene rings is 2. The molecule has 1 saturated heterocycles.